The van der Waals surface area contributed by atoms with Crippen molar-refractivity contribution in [1.29, 1.82) is 0 Å². The summed E-state index contributed by atoms with van der Waals surface area (Å²) >= 11 is 0. The largest absolute Gasteiger partial charge is 0.394 e. The van der Waals surface area contributed by atoms with E-state index in [1.165, 1.54) is 4.68 Å². The van der Waals surface area contributed by atoms with E-state index >= 15 is 0 Å². The van der Waals surface area contributed by atoms with Crippen LogP contribution in [0.4, 0.5) is 0 Å². The number of carbonyl (C=O) groups excluding carboxylic acids is 2. The molecule has 1 aromatic heterocycles. The Morgan fingerprint density at radius 3 is 2.38 bits per heavy atom. The van der Waals surface area contributed by atoms with Crippen molar-refractivity contribution in [2.24, 2.45) is 11.8 Å². The van der Waals surface area contributed by atoms with Gasteiger partial charge in [-0.1, -0.05) is 50.7 Å². The normalized spacial score (nSPS) is 37.5. The maximum atomic E-state index is 13.9. The molecular weight excluding hydrogens is 734 g/mol. The molecule has 18 heteroatoms. The van der Waals surface area contributed by atoms with Crippen LogP contribution in [0.5, 0.6) is 0 Å². The van der Waals surface area contributed by atoms with Gasteiger partial charge in [-0.05, 0) is 51.4 Å². The molecule has 2 saturated carbocycles. The Labute approximate surface area is 328 Å². The number of likely N-dealkylation sites (tertiary alicyclic amines) is 1. The molecule has 0 spiro atoms. The molecule has 14 atom stereocenters. The van der Waals surface area contributed by atoms with Gasteiger partial charge in [0.2, 0.25) is 5.91 Å². The van der Waals surface area contributed by atoms with Gasteiger partial charge in [-0.15, -0.1) is 5.10 Å². The van der Waals surface area contributed by atoms with Crippen LogP contribution in [-0.2, 0) is 51.2 Å². The second-order valence-electron chi connectivity index (χ2n) is 16.2. The fourth-order valence-electron chi connectivity index (χ4n) is 8.59. The van der Waals surface area contributed by atoms with E-state index in [2.05, 4.69) is 15.6 Å². The first kappa shape index (κ1) is 43.2. The van der Waals surface area contributed by atoms with Crippen LogP contribution in [0, 0.1) is 11.8 Å². The van der Waals surface area contributed by atoms with Gasteiger partial charge in [0.25, 0.3) is 5.91 Å². The predicted octanol–water partition coefficient (Wildman–Crippen LogP) is -0.248. The minimum Gasteiger partial charge on any atom is -0.394 e. The molecule has 5 aliphatic rings. The molecule has 4 heterocycles. The topological polar surface area (TPSA) is 237 Å². The number of carbonyl (C=O) groups is 2. The second kappa shape index (κ2) is 20.1. The SMILES string of the molecule is CCOCc1cn(CC(=O)NC2C(O[C@@H](CC3CCCCC3)C(=O)N3CCC3)[C@@H](O)C(CO)O[C@H]2O[C@@H]2CCC[C@@H](C)C2O[C@@H]2OC(C)[C@@H](O)[C@H](O)C2O)nn1. The van der Waals surface area contributed by atoms with E-state index in [4.69, 9.17) is 28.4 Å². The molecule has 0 bridgehead atoms. The molecule has 1 aromatic rings. The molecule has 2 amide bonds. The van der Waals surface area contributed by atoms with Crippen molar-refractivity contribution >= 4 is 11.8 Å². The Kier molecular flexibility index (Phi) is 15.5. The fourth-order valence-corrected chi connectivity index (χ4v) is 8.59. The summed E-state index contributed by atoms with van der Waals surface area (Å²) < 4.78 is 38.5. The van der Waals surface area contributed by atoms with Crippen LogP contribution in [0.25, 0.3) is 0 Å². The quantitative estimate of drug-likeness (QED) is 0.127. The number of nitrogens with one attached hydrogen (secondary N) is 1. The van der Waals surface area contributed by atoms with E-state index in [-0.39, 0.29) is 30.9 Å². The number of hydrogen-bond acceptors (Lipinski definition) is 15. The Morgan fingerprint density at radius 1 is 0.911 bits per heavy atom. The van der Waals surface area contributed by atoms with Crippen molar-refractivity contribution in [2.75, 3.05) is 26.3 Å². The molecule has 5 fully saturated rings. The van der Waals surface area contributed by atoms with Crippen LogP contribution in [-0.4, -0.2) is 163 Å². The van der Waals surface area contributed by atoms with Gasteiger partial charge in [0, 0.05) is 19.7 Å². The summed E-state index contributed by atoms with van der Waals surface area (Å²) in [5.41, 5.74) is 0.542. The van der Waals surface area contributed by atoms with Gasteiger partial charge < -0.3 is 64.2 Å². The van der Waals surface area contributed by atoms with Gasteiger partial charge in [0.15, 0.2) is 12.6 Å². The molecule has 2 aliphatic carbocycles. The number of hydrogen-bond donors (Lipinski definition) is 6. The van der Waals surface area contributed by atoms with Crippen molar-refractivity contribution in [1.82, 2.24) is 25.2 Å². The van der Waals surface area contributed by atoms with Crippen LogP contribution < -0.4 is 5.32 Å². The lowest BCUT2D eigenvalue weighted by Gasteiger charge is -2.48. The van der Waals surface area contributed by atoms with E-state index in [1.54, 1.807) is 18.0 Å². The van der Waals surface area contributed by atoms with Crippen LogP contribution >= 0.6 is 0 Å². The monoisotopic (exact) mass is 797 g/mol. The van der Waals surface area contributed by atoms with Crippen molar-refractivity contribution in [2.45, 2.75) is 178 Å². The van der Waals surface area contributed by atoms with Crippen LogP contribution in [0.15, 0.2) is 6.20 Å². The molecule has 0 aromatic carbocycles. The molecule has 318 valence electrons. The van der Waals surface area contributed by atoms with Gasteiger partial charge in [-0.2, -0.15) is 0 Å². The number of amides is 2. The lowest BCUT2D eigenvalue weighted by atomic mass is 9.84. The lowest BCUT2D eigenvalue weighted by Crippen LogP contribution is -2.67. The third-order valence-electron chi connectivity index (χ3n) is 12.0. The van der Waals surface area contributed by atoms with Crippen molar-refractivity contribution in [3.8, 4) is 0 Å². The third kappa shape index (κ3) is 10.4. The van der Waals surface area contributed by atoms with Gasteiger partial charge in [0.05, 0.1) is 37.7 Å². The molecule has 6 unspecified atom stereocenters. The maximum absolute atomic E-state index is 13.9. The summed E-state index contributed by atoms with van der Waals surface area (Å²) in [5, 5.41) is 64.9. The zero-order chi connectivity index (χ0) is 39.9. The number of aromatic nitrogens is 3. The Balaban J connectivity index is 1.27. The number of nitrogens with zero attached hydrogens (tertiary/aromatic N) is 4. The van der Waals surface area contributed by atoms with Crippen LogP contribution in [0.1, 0.15) is 90.7 Å². The van der Waals surface area contributed by atoms with Gasteiger partial charge >= 0.3 is 0 Å². The smallest absolute Gasteiger partial charge is 0.251 e. The van der Waals surface area contributed by atoms with E-state index in [9.17, 15) is 35.1 Å². The summed E-state index contributed by atoms with van der Waals surface area (Å²) in [7, 11) is 0. The van der Waals surface area contributed by atoms with Crippen molar-refractivity contribution in [3.05, 3.63) is 11.9 Å². The minimum atomic E-state index is -1.53. The predicted molar refractivity (Wildman–Crippen MR) is 195 cm³/mol. The zero-order valence-corrected chi connectivity index (χ0v) is 32.8. The molecule has 0 radical (unpaired) electrons. The number of aliphatic hydroxyl groups is 5. The standard InChI is InChI=1S/C38H63N5O13/c1-4-51-20-24-17-43(41-40-24)18-28(45)39-29-35(53-26(36(50)42-14-9-15-42)16-23-11-6-5-7-12-23)31(47)27(19-44)55-37(29)54-25-13-8-10-21(2)34(25)56-38-33(49)32(48)30(46)22(3)52-38/h17,21-23,25-27,29-35,37-38,44,46-49H,4-16,18-20H2,1-3H3,(H,39,45)/t21-,22?,25-,26+,27?,29?,30-,31+,32+,33?,34?,35?,37-,38+/m1/s1. The fraction of sp³-hybridized carbons (Fsp3) is 0.895. The van der Waals surface area contributed by atoms with Crippen molar-refractivity contribution < 1.29 is 63.5 Å². The number of ether oxygens (including phenoxy) is 6. The summed E-state index contributed by atoms with van der Waals surface area (Å²) in [6.45, 7) is 6.50. The van der Waals surface area contributed by atoms with E-state index in [0.29, 0.717) is 38.2 Å². The average Bonchev–Trinajstić information content (AvgIpc) is 3.61. The van der Waals surface area contributed by atoms with E-state index in [0.717, 1.165) is 51.4 Å². The molecule has 3 aliphatic heterocycles. The maximum Gasteiger partial charge on any atom is 0.251 e. The zero-order valence-electron chi connectivity index (χ0n) is 32.8. The highest BCUT2D eigenvalue weighted by atomic mass is 16.7. The minimum absolute atomic E-state index is 0.112. The van der Waals surface area contributed by atoms with Gasteiger partial charge in [-0.3, -0.25) is 9.59 Å². The molecule has 6 N–H and O–H groups in total. The number of rotatable bonds is 16. The second-order valence-corrected chi connectivity index (χ2v) is 16.2. The van der Waals surface area contributed by atoms with Crippen LogP contribution in [0.2, 0.25) is 0 Å². The summed E-state index contributed by atoms with van der Waals surface area (Å²) in [6, 6.07) is -1.17. The summed E-state index contributed by atoms with van der Waals surface area (Å²) in [4.78, 5) is 29.5. The highest BCUT2D eigenvalue weighted by molar-refractivity contribution is 5.81. The number of aliphatic hydroxyl groups excluding tert-OH is 5. The van der Waals surface area contributed by atoms with Gasteiger partial charge in [-0.25, -0.2) is 4.68 Å². The average molecular weight is 798 g/mol. The molecule has 6 rings (SSSR count). The Hall–Kier alpha value is -2.36. The van der Waals surface area contributed by atoms with Crippen molar-refractivity contribution in [3.63, 3.8) is 0 Å². The molecule has 56 heavy (non-hydrogen) atoms. The Morgan fingerprint density at radius 2 is 1.68 bits per heavy atom. The highest BCUT2D eigenvalue weighted by Gasteiger charge is 2.52. The lowest BCUT2D eigenvalue weighted by molar-refractivity contribution is -0.336. The first-order valence-electron chi connectivity index (χ1n) is 20.6. The Bertz CT molecular complexity index is 1400. The van der Waals surface area contributed by atoms with Gasteiger partial charge in [0.1, 0.15) is 61.0 Å². The van der Waals surface area contributed by atoms with E-state index < -0.39 is 92.2 Å². The summed E-state index contributed by atoms with van der Waals surface area (Å²) in [5.74, 6) is -0.551. The summed E-state index contributed by atoms with van der Waals surface area (Å²) in [6.07, 6.45) is -3.76. The highest BCUT2D eigenvalue weighted by Crippen LogP contribution is 2.37. The van der Waals surface area contributed by atoms with E-state index in [1.807, 2.05) is 13.8 Å². The molecule has 3 saturated heterocycles. The van der Waals surface area contributed by atoms with Crippen LogP contribution in [0.3, 0.4) is 0 Å². The molecule has 18 nitrogen and oxygen atoms in total. The third-order valence-corrected chi connectivity index (χ3v) is 12.0. The molecular formula is C38H63N5O13. The first-order chi connectivity index (χ1) is 27.0. The first-order valence-corrected chi connectivity index (χ1v) is 20.6.